The zero-order chi connectivity index (χ0) is 9.97. The molecule has 14 heavy (non-hydrogen) atoms. The first-order valence-electron chi connectivity index (χ1n) is 5.09. The Labute approximate surface area is 89.2 Å². The molecule has 0 bridgehead atoms. The van der Waals surface area contributed by atoms with Gasteiger partial charge in [-0.1, -0.05) is 12.2 Å². The van der Waals surface area contributed by atoms with E-state index in [1.54, 1.807) is 6.33 Å². The number of hydrogen-bond acceptors (Lipinski definition) is 3. The summed E-state index contributed by atoms with van der Waals surface area (Å²) in [6.45, 7) is 3.38. The minimum atomic E-state index is 0.608. The second-order valence-corrected chi connectivity index (χ2v) is 4.23. The number of H-pyrrole nitrogens is 1. The number of piperidine rings is 1. The third kappa shape index (κ3) is 1.95. The highest BCUT2D eigenvalue weighted by Gasteiger charge is 2.18. The Hall–Kier alpha value is -0.900. The summed E-state index contributed by atoms with van der Waals surface area (Å²) in [5.41, 5.74) is 0. The molecular weight excluding hydrogens is 194 g/mol. The Morgan fingerprint density at radius 3 is 3.14 bits per heavy atom. The van der Waals surface area contributed by atoms with E-state index >= 15 is 0 Å². The van der Waals surface area contributed by atoms with Crippen LogP contribution in [0.5, 0.6) is 0 Å². The Morgan fingerprint density at radius 2 is 2.43 bits per heavy atom. The number of rotatable bonds is 1. The molecule has 76 valence electrons. The van der Waals surface area contributed by atoms with E-state index in [0.29, 0.717) is 10.7 Å². The van der Waals surface area contributed by atoms with Crippen LogP contribution in [0, 0.1) is 4.64 Å². The Bertz CT molecular complexity index is 360. The summed E-state index contributed by atoms with van der Waals surface area (Å²) < 4.78 is 0.663. The lowest BCUT2D eigenvalue weighted by molar-refractivity contribution is 0.481. The second-order valence-electron chi connectivity index (χ2n) is 3.81. The first kappa shape index (κ1) is 9.65. The summed E-state index contributed by atoms with van der Waals surface area (Å²) in [6, 6.07) is 2.55. The summed E-state index contributed by atoms with van der Waals surface area (Å²) in [7, 11) is 0. The van der Waals surface area contributed by atoms with E-state index in [1.165, 1.54) is 19.3 Å². The molecule has 3 nitrogen and oxygen atoms in total. The molecule has 1 fully saturated rings. The van der Waals surface area contributed by atoms with Gasteiger partial charge in [0.05, 0.1) is 6.33 Å². The Morgan fingerprint density at radius 1 is 1.57 bits per heavy atom. The van der Waals surface area contributed by atoms with Crippen LogP contribution in [0.1, 0.15) is 26.2 Å². The third-order valence-corrected chi connectivity index (χ3v) is 3.00. The summed E-state index contributed by atoms with van der Waals surface area (Å²) in [4.78, 5) is 9.53. The zero-order valence-electron chi connectivity index (χ0n) is 8.36. The molecule has 1 aromatic heterocycles. The lowest BCUT2D eigenvalue weighted by Gasteiger charge is -2.34. The normalized spacial score (nSPS) is 22.4. The van der Waals surface area contributed by atoms with E-state index in [-0.39, 0.29) is 0 Å². The standard InChI is InChI=1S/C10H15N3S/c1-8-4-2-3-5-13(8)9-6-10(14)12-7-11-9/h6-8H,2-5H2,1H3,(H,11,12,14). The molecule has 1 aliphatic rings. The first-order chi connectivity index (χ1) is 6.77. The van der Waals surface area contributed by atoms with Crippen molar-refractivity contribution in [1.29, 1.82) is 0 Å². The van der Waals surface area contributed by atoms with E-state index in [4.69, 9.17) is 12.2 Å². The molecule has 1 atom stereocenters. The van der Waals surface area contributed by atoms with Crippen molar-refractivity contribution < 1.29 is 0 Å². The summed E-state index contributed by atoms with van der Waals surface area (Å²) in [6.07, 6.45) is 5.55. The molecule has 0 spiro atoms. The van der Waals surface area contributed by atoms with Gasteiger partial charge < -0.3 is 9.88 Å². The molecule has 2 rings (SSSR count). The van der Waals surface area contributed by atoms with E-state index in [0.717, 1.165) is 12.4 Å². The molecule has 1 aromatic rings. The number of aromatic amines is 1. The van der Waals surface area contributed by atoms with Crippen LogP contribution in [0.2, 0.25) is 0 Å². The predicted molar refractivity (Wildman–Crippen MR) is 60.1 cm³/mol. The van der Waals surface area contributed by atoms with Crippen LogP contribution < -0.4 is 4.90 Å². The average molecular weight is 209 g/mol. The number of nitrogens with zero attached hydrogens (tertiary/aromatic N) is 2. The van der Waals surface area contributed by atoms with Gasteiger partial charge in [-0.15, -0.1) is 0 Å². The van der Waals surface area contributed by atoms with Gasteiger partial charge in [0.2, 0.25) is 0 Å². The lowest BCUT2D eigenvalue weighted by atomic mass is 10.0. The summed E-state index contributed by atoms with van der Waals surface area (Å²) >= 11 is 5.05. The molecule has 0 aliphatic carbocycles. The molecule has 0 aromatic carbocycles. The van der Waals surface area contributed by atoms with Crippen molar-refractivity contribution in [1.82, 2.24) is 9.97 Å². The van der Waals surface area contributed by atoms with Gasteiger partial charge in [-0.25, -0.2) is 4.98 Å². The second kappa shape index (κ2) is 4.09. The number of anilines is 1. The molecule has 4 heteroatoms. The average Bonchev–Trinajstić information content (AvgIpc) is 2.18. The predicted octanol–water partition coefficient (Wildman–Crippen LogP) is 2.52. The quantitative estimate of drug-likeness (QED) is 0.721. The molecule has 1 unspecified atom stereocenters. The number of nitrogens with one attached hydrogen (secondary N) is 1. The summed E-state index contributed by atoms with van der Waals surface area (Å²) in [5, 5.41) is 0. The van der Waals surface area contributed by atoms with Crippen molar-refractivity contribution in [2.24, 2.45) is 0 Å². The smallest absolute Gasteiger partial charge is 0.131 e. The molecule has 2 heterocycles. The lowest BCUT2D eigenvalue weighted by Crippen LogP contribution is -2.37. The van der Waals surface area contributed by atoms with Gasteiger partial charge in [0.25, 0.3) is 0 Å². The van der Waals surface area contributed by atoms with Crippen molar-refractivity contribution >= 4 is 18.0 Å². The van der Waals surface area contributed by atoms with Crippen LogP contribution in [0.15, 0.2) is 12.4 Å². The van der Waals surface area contributed by atoms with Gasteiger partial charge in [0, 0.05) is 18.7 Å². The molecule has 0 amide bonds. The van der Waals surface area contributed by atoms with Gasteiger partial charge in [-0.3, -0.25) is 0 Å². The minimum absolute atomic E-state index is 0.608. The van der Waals surface area contributed by atoms with Crippen LogP contribution >= 0.6 is 12.2 Å². The van der Waals surface area contributed by atoms with Crippen molar-refractivity contribution in [3.8, 4) is 0 Å². The highest BCUT2D eigenvalue weighted by Crippen LogP contribution is 2.21. The highest BCUT2D eigenvalue weighted by atomic mass is 32.1. The van der Waals surface area contributed by atoms with Gasteiger partial charge in [-0.05, 0) is 26.2 Å². The van der Waals surface area contributed by atoms with Gasteiger partial charge in [0.1, 0.15) is 10.5 Å². The minimum Gasteiger partial charge on any atom is -0.355 e. The topological polar surface area (TPSA) is 31.9 Å². The van der Waals surface area contributed by atoms with Crippen molar-refractivity contribution in [3.05, 3.63) is 17.0 Å². The molecular formula is C10H15N3S. The fourth-order valence-corrected chi connectivity index (χ4v) is 2.14. The van der Waals surface area contributed by atoms with Crippen molar-refractivity contribution in [2.75, 3.05) is 11.4 Å². The van der Waals surface area contributed by atoms with E-state index in [2.05, 4.69) is 21.8 Å². The maximum absolute atomic E-state index is 5.05. The number of hydrogen-bond donors (Lipinski definition) is 1. The molecule has 0 saturated carbocycles. The fraction of sp³-hybridized carbons (Fsp3) is 0.600. The van der Waals surface area contributed by atoms with E-state index in [1.807, 2.05) is 6.07 Å². The van der Waals surface area contributed by atoms with Crippen LogP contribution in [-0.2, 0) is 0 Å². The molecule has 1 N–H and O–H groups in total. The van der Waals surface area contributed by atoms with Crippen LogP contribution in [0.4, 0.5) is 5.82 Å². The first-order valence-corrected chi connectivity index (χ1v) is 5.49. The molecule has 1 aliphatic heterocycles. The van der Waals surface area contributed by atoms with Crippen LogP contribution in [0.25, 0.3) is 0 Å². The zero-order valence-corrected chi connectivity index (χ0v) is 9.18. The maximum Gasteiger partial charge on any atom is 0.131 e. The van der Waals surface area contributed by atoms with Gasteiger partial charge in [-0.2, -0.15) is 0 Å². The highest BCUT2D eigenvalue weighted by molar-refractivity contribution is 7.71. The van der Waals surface area contributed by atoms with Gasteiger partial charge in [0.15, 0.2) is 0 Å². The van der Waals surface area contributed by atoms with E-state index in [9.17, 15) is 0 Å². The third-order valence-electron chi connectivity index (χ3n) is 2.78. The van der Waals surface area contributed by atoms with Crippen LogP contribution in [-0.4, -0.2) is 22.6 Å². The Kier molecular flexibility index (Phi) is 2.82. The largest absolute Gasteiger partial charge is 0.355 e. The Balaban J connectivity index is 2.24. The summed E-state index contributed by atoms with van der Waals surface area (Å²) in [5.74, 6) is 1.11. The van der Waals surface area contributed by atoms with E-state index < -0.39 is 0 Å². The number of aromatic nitrogens is 2. The SMILES string of the molecule is CC1CCCCN1c1cc(=S)nc[nH]1. The van der Waals surface area contributed by atoms with Crippen molar-refractivity contribution in [3.63, 3.8) is 0 Å². The monoisotopic (exact) mass is 209 g/mol. The van der Waals surface area contributed by atoms with Gasteiger partial charge >= 0.3 is 0 Å². The van der Waals surface area contributed by atoms with Crippen LogP contribution in [0.3, 0.4) is 0 Å². The van der Waals surface area contributed by atoms with Crippen molar-refractivity contribution in [2.45, 2.75) is 32.2 Å². The maximum atomic E-state index is 5.05. The molecule has 1 saturated heterocycles. The molecule has 0 radical (unpaired) electrons. The fourth-order valence-electron chi connectivity index (χ4n) is 1.98.